The molecule has 0 saturated carbocycles. The first-order chi connectivity index (χ1) is 13.8. The van der Waals surface area contributed by atoms with Crippen molar-refractivity contribution in [1.29, 1.82) is 0 Å². The molecule has 1 fully saturated rings. The first kappa shape index (κ1) is 17.7. The van der Waals surface area contributed by atoms with E-state index in [2.05, 4.69) is 64.5 Å². The Kier molecular flexibility index (Phi) is 4.79. The third kappa shape index (κ3) is 3.41. The van der Waals surface area contributed by atoms with Crippen molar-refractivity contribution in [3.8, 4) is 11.1 Å². The van der Waals surface area contributed by atoms with Gasteiger partial charge in [0.25, 0.3) is 0 Å². The lowest BCUT2D eigenvalue weighted by Crippen LogP contribution is -2.49. The minimum absolute atomic E-state index is 0.261. The van der Waals surface area contributed by atoms with Crippen LogP contribution in [0.4, 0.5) is 0 Å². The Balaban J connectivity index is 1.41. The fourth-order valence-electron chi connectivity index (χ4n) is 4.58. The van der Waals surface area contributed by atoms with Gasteiger partial charge in [-0.3, -0.25) is 4.90 Å². The van der Waals surface area contributed by atoms with Crippen molar-refractivity contribution in [2.24, 2.45) is 0 Å². The molecule has 3 aromatic rings. The van der Waals surface area contributed by atoms with Gasteiger partial charge in [-0.25, -0.2) is 0 Å². The molecule has 0 spiro atoms. The number of aromatic nitrogens is 1. The second-order valence-electron chi connectivity index (χ2n) is 8.25. The zero-order chi connectivity index (χ0) is 18.9. The largest absolute Gasteiger partial charge is 0.395 e. The highest BCUT2D eigenvalue weighted by atomic mass is 16.3. The van der Waals surface area contributed by atoms with E-state index in [1.807, 2.05) is 0 Å². The summed E-state index contributed by atoms with van der Waals surface area (Å²) in [4.78, 5) is 5.89. The van der Waals surface area contributed by atoms with Gasteiger partial charge in [-0.05, 0) is 78.6 Å². The number of fused-ring (bicyclic) bond motifs is 1. The standard InChI is InChI=1S/C25H28N2O/c28-17-24-11-12-27(24)16-23-15-22-14-21(9-10-25(22)26-23)20-8-4-7-19(13-20)18-5-2-1-3-6-18/h4-5,7-10,13-15,24,26,28H,1-3,6,11-12,16-17H2. The van der Waals surface area contributed by atoms with Gasteiger partial charge in [-0.2, -0.15) is 0 Å². The summed E-state index contributed by atoms with van der Waals surface area (Å²) in [6.07, 6.45) is 8.57. The summed E-state index contributed by atoms with van der Waals surface area (Å²) >= 11 is 0. The summed E-state index contributed by atoms with van der Waals surface area (Å²) in [5, 5.41) is 10.7. The molecule has 0 amide bonds. The molecule has 1 aliphatic heterocycles. The Bertz CT molecular complexity index is 1010. The third-order valence-corrected chi connectivity index (χ3v) is 6.38. The molecule has 1 saturated heterocycles. The van der Waals surface area contributed by atoms with Crippen molar-refractivity contribution in [2.75, 3.05) is 13.2 Å². The number of aromatic amines is 1. The van der Waals surface area contributed by atoms with Crippen LogP contribution in [0, 0.1) is 0 Å². The van der Waals surface area contributed by atoms with E-state index in [-0.39, 0.29) is 6.61 Å². The highest BCUT2D eigenvalue weighted by molar-refractivity contribution is 5.86. The molecule has 28 heavy (non-hydrogen) atoms. The van der Waals surface area contributed by atoms with Gasteiger partial charge in [0, 0.05) is 35.7 Å². The maximum atomic E-state index is 9.40. The molecule has 1 atom stereocenters. The smallest absolute Gasteiger partial charge is 0.0587 e. The summed E-state index contributed by atoms with van der Waals surface area (Å²) < 4.78 is 0. The molecule has 3 heteroatoms. The van der Waals surface area contributed by atoms with Crippen LogP contribution in [0.2, 0.25) is 0 Å². The van der Waals surface area contributed by atoms with Gasteiger partial charge in [0.05, 0.1) is 6.61 Å². The molecule has 2 N–H and O–H groups in total. The van der Waals surface area contributed by atoms with Crippen LogP contribution < -0.4 is 0 Å². The molecular formula is C25H28N2O. The Morgan fingerprint density at radius 1 is 1.00 bits per heavy atom. The van der Waals surface area contributed by atoms with E-state index in [9.17, 15) is 5.11 Å². The van der Waals surface area contributed by atoms with Crippen molar-refractivity contribution < 1.29 is 5.11 Å². The van der Waals surface area contributed by atoms with Crippen molar-refractivity contribution >= 4 is 16.5 Å². The van der Waals surface area contributed by atoms with Gasteiger partial charge in [-0.15, -0.1) is 0 Å². The van der Waals surface area contributed by atoms with E-state index in [1.165, 1.54) is 64.5 Å². The fourth-order valence-corrected chi connectivity index (χ4v) is 4.58. The summed E-state index contributed by atoms with van der Waals surface area (Å²) in [7, 11) is 0. The van der Waals surface area contributed by atoms with Crippen LogP contribution in [0.5, 0.6) is 0 Å². The number of likely N-dealkylation sites (tertiary alicyclic amines) is 1. The predicted molar refractivity (Wildman–Crippen MR) is 116 cm³/mol. The first-order valence-corrected chi connectivity index (χ1v) is 10.6. The van der Waals surface area contributed by atoms with Crippen LogP contribution in [0.1, 0.15) is 43.4 Å². The SMILES string of the molecule is OCC1CCN1Cc1cc2cc(-c3cccc(C4=CCCCC4)c3)ccc2[nH]1. The van der Waals surface area contributed by atoms with E-state index >= 15 is 0 Å². The number of rotatable bonds is 5. The van der Waals surface area contributed by atoms with Gasteiger partial charge in [0.1, 0.15) is 0 Å². The van der Waals surface area contributed by atoms with Crippen LogP contribution in [-0.4, -0.2) is 34.2 Å². The summed E-state index contributed by atoms with van der Waals surface area (Å²) in [6.45, 7) is 2.23. The van der Waals surface area contributed by atoms with E-state index < -0.39 is 0 Å². The van der Waals surface area contributed by atoms with Gasteiger partial charge >= 0.3 is 0 Å². The molecule has 2 aromatic carbocycles. The highest BCUT2D eigenvalue weighted by Crippen LogP contribution is 2.31. The number of nitrogens with one attached hydrogen (secondary N) is 1. The molecule has 2 heterocycles. The Hall–Kier alpha value is -2.36. The number of aliphatic hydroxyl groups excluding tert-OH is 1. The lowest BCUT2D eigenvalue weighted by atomic mass is 9.91. The van der Waals surface area contributed by atoms with Crippen molar-refractivity contribution in [1.82, 2.24) is 9.88 Å². The molecular weight excluding hydrogens is 344 g/mol. The Morgan fingerprint density at radius 3 is 2.68 bits per heavy atom. The highest BCUT2D eigenvalue weighted by Gasteiger charge is 2.27. The molecule has 5 rings (SSSR count). The number of benzene rings is 2. The third-order valence-electron chi connectivity index (χ3n) is 6.38. The molecule has 1 aromatic heterocycles. The van der Waals surface area contributed by atoms with Crippen LogP contribution >= 0.6 is 0 Å². The lowest BCUT2D eigenvalue weighted by molar-refractivity contribution is 0.0348. The van der Waals surface area contributed by atoms with Crippen LogP contribution in [0.25, 0.3) is 27.6 Å². The van der Waals surface area contributed by atoms with Crippen molar-refractivity contribution in [3.05, 3.63) is 65.9 Å². The monoisotopic (exact) mass is 372 g/mol. The summed E-state index contributed by atoms with van der Waals surface area (Å²) in [5.74, 6) is 0. The zero-order valence-corrected chi connectivity index (χ0v) is 16.3. The molecule has 3 nitrogen and oxygen atoms in total. The summed E-state index contributed by atoms with van der Waals surface area (Å²) in [6, 6.07) is 18.3. The second kappa shape index (κ2) is 7.57. The zero-order valence-electron chi connectivity index (χ0n) is 16.3. The quantitative estimate of drug-likeness (QED) is 0.633. The van der Waals surface area contributed by atoms with E-state index in [1.54, 1.807) is 0 Å². The first-order valence-electron chi connectivity index (χ1n) is 10.6. The minimum Gasteiger partial charge on any atom is -0.395 e. The molecule has 1 aliphatic carbocycles. The number of nitrogens with zero attached hydrogens (tertiary/aromatic N) is 1. The van der Waals surface area contributed by atoms with E-state index in [4.69, 9.17) is 0 Å². The Labute approximate surface area is 166 Å². The normalized spacial score (nSPS) is 20.2. The number of hydrogen-bond donors (Lipinski definition) is 2. The lowest BCUT2D eigenvalue weighted by Gasteiger charge is -2.39. The molecule has 2 aliphatic rings. The van der Waals surface area contributed by atoms with Gasteiger partial charge in [0.2, 0.25) is 0 Å². The van der Waals surface area contributed by atoms with E-state index in [0.717, 1.165) is 19.5 Å². The van der Waals surface area contributed by atoms with E-state index in [0.29, 0.717) is 6.04 Å². The average Bonchev–Trinajstić information content (AvgIpc) is 3.14. The fraction of sp³-hybridized carbons (Fsp3) is 0.360. The maximum Gasteiger partial charge on any atom is 0.0587 e. The Morgan fingerprint density at radius 2 is 1.89 bits per heavy atom. The van der Waals surface area contributed by atoms with Crippen LogP contribution in [0.3, 0.4) is 0 Å². The topological polar surface area (TPSA) is 39.3 Å². The predicted octanol–water partition coefficient (Wildman–Crippen LogP) is 5.36. The molecule has 0 bridgehead atoms. The average molecular weight is 373 g/mol. The second-order valence-corrected chi connectivity index (χ2v) is 8.25. The minimum atomic E-state index is 0.261. The van der Waals surface area contributed by atoms with Crippen molar-refractivity contribution in [2.45, 2.75) is 44.7 Å². The maximum absolute atomic E-state index is 9.40. The number of H-pyrrole nitrogens is 1. The van der Waals surface area contributed by atoms with Crippen LogP contribution in [0.15, 0.2) is 54.6 Å². The number of hydrogen-bond acceptors (Lipinski definition) is 2. The number of allylic oxidation sites excluding steroid dienone is 2. The number of aliphatic hydroxyl groups is 1. The molecule has 0 radical (unpaired) electrons. The van der Waals surface area contributed by atoms with Gasteiger partial charge in [0.15, 0.2) is 0 Å². The van der Waals surface area contributed by atoms with Crippen molar-refractivity contribution in [3.63, 3.8) is 0 Å². The molecule has 144 valence electrons. The van der Waals surface area contributed by atoms with Crippen LogP contribution in [-0.2, 0) is 6.54 Å². The van der Waals surface area contributed by atoms with Gasteiger partial charge < -0.3 is 10.1 Å². The summed E-state index contributed by atoms with van der Waals surface area (Å²) in [5.41, 5.74) is 7.86. The van der Waals surface area contributed by atoms with Gasteiger partial charge in [-0.1, -0.05) is 30.3 Å². The molecule has 1 unspecified atom stereocenters.